The highest BCUT2D eigenvalue weighted by Crippen LogP contribution is 2.35. The fourth-order valence-electron chi connectivity index (χ4n) is 1.37. The molecular formula is C10H7BrFN5O3. The number of rotatable bonds is 4. The Bertz CT molecular complexity index is 669. The zero-order chi connectivity index (χ0) is 14.7. The van der Waals surface area contributed by atoms with Crippen LogP contribution < -0.4 is 16.0 Å². The third-order valence-corrected chi connectivity index (χ3v) is 2.70. The number of anilines is 1. The van der Waals surface area contributed by atoms with Crippen molar-refractivity contribution in [3.63, 3.8) is 0 Å². The smallest absolute Gasteiger partial charge is 0.374 e. The minimum Gasteiger partial charge on any atom is -0.430 e. The fourth-order valence-corrected chi connectivity index (χ4v) is 1.71. The van der Waals surface area contributed by atoms with Crippen molar-refractivity contribution in [3.05, 3.63) is 44.9 Å². The third kappa shape index (κ3) is 2.81. The lowest BCUT2D eigenvalue weighted by Gasteiger charge is -2.08. The normalized spacial score (nSPS) is 10.2. The topological polar surface area (TPSA) is 116 Å². The number of nitrogens with zero attached hydrogens (tertiary/aromatic N) is 3. The van der Waals surface area contributed by atoms with Crippen molar-refractivity contribution in [2.75, 3.05) is 5.43 Å². The number of benzene rings is 1. The molecule has 0 radical (unpaired) electrons. The Balaban J connectivity index is 2.48. The number of nitrogens with two attached hydrogens (primary N) is 1. The highest BCUT2D eigenvalue weighted by atomic mass is 79.9. The molecule has 20 heavy (non-hydrogen) atoms. The van der Waals surface area contributed by atoms with Gasteiger partial charge in [0.15, 0.2) is 11.6 Å². The number of halogens is 2. The summed E-state index contributed by atoms with van der Waals surface area (Å²) in [6, 6.07) is 3.93. The summed E-state index contributed by atoms with van der Waals surface area (Å²) in [7, 11) is 0. The van der Waals surface area contributed by atoms with E-state index >= 15 is 0 Å². The van der Waals surface area contributed by atoms with E-state index in [0.29, 0.717) is 4.47 Å². The van der Waals surface area contributed by atoms with Gasteiger partial charge in [-0.25, -0.2) is 15.2 Å². The first-order valence-corrected chi connectivity index (χ1v) is 5.91. The summed E-state index contributed by atoms with van der Waals surface area (Å²) >= 11 is 3.14. The largest absolute Gasteiger partial charge is 0.430 e. The summed E-state index contributed by atoms with van der Waals surface area (Å²) in [5, 5.41) is 11.0. The lowest BCUT2D eigenvalue weighted by Crippen LogP contribution is -2.12. The second kappa shape index (κ2) is 5.75. The molecule has 0 aliphatic carbocycles. The van der Waals surface area contributed by atoms with Crippen LogP contribution in [0.5, 0.6) is 11.6 Å². The van der Waals surface area contributed by atoms with Crippen molar-refractivity contribution in [2.24, 2.45) is 5.84 Å². The van der Waals surface area contributed by atoms with Gasteiger partial charge in [0.1, 0.15) is 6.33 Å². The summed E-state index contributed by atoms with van der Waals surface area (Å²) in [4.78, 5) is 17.4. The summed E-state index contributed by atoms with van der Waals surface area (Å²) in [6.07, 6.45) is 1.01. The van der Waals surface area contributed by atoms with Crippen molar-refractivity contribution >= 4 is 27.4 Å². The van der Waals surface area contributed by atoms with Gasteiger partial charge < -0.3 is 10.2 Å². The molecule has 0 unspecified atom stereocenters. The van der Waals surface area contributed by atoms with Crippen LogP contribution in [-0.4, -0.2) is 14.9 Å². The maximum atomic E-state index is 13.6. The van der Waals surface area contributed by atoms with Gasteiger partial charge in [-0.1, -0.05) is 15.9 Å². The number of ether oxygens (including phenoxy) is 1. The first-order chi connectivity index (χ1) is 9.52. The Hall–Kier alpha value is -2.33. The third-order valence-electron chi connectivity index (χ3n) is 2.21. The fraction of sp³-hybridized carbons (Fsp3) is 0. The van der Waals surface area contributed by atoms with E-state index in [1.54, 1.807) is 0 Å². The summed E-state index contributed by atoms with van der Waals surface area (Å²) in [6.45, 7) is 0. The molecule has 104 valence electrons. The molecule has 8 nitrogen and oxygen atoms in total. The van der Waals surface area contributed by atoms with E-state index in [-0.39, 0.29) is 11.6 Å². The number of nitrogens with one attached hydrogen (secondary N) is 1. The molecule has 0 atom stereocenters. The zero-order valence-electron chi connectivity index (χ0n) is 9.71. The first kappa shape index (κ1) is 14.1. The van der Waals surface area contributed by atoms with Crippen LogP contribution in [0.2, 0.25) is 0 Å². The maximum Gasteiger partial charge on any atom is 0.374 e. The standard InChI is InChI=1S/C10H7BrFN5O3/c11-5-1-2-6(12)7(3-5)20-10-8(17(18)19)9(16-13)14-4-15-10/h1-4H,13H2,(H,14,15,16). The number of hydrogen-bond acceptors (Lipinski definition) is 7. The van der Waals surface area contributed by atoms with E-state index in [1.165, 1.54) is 12.1 Å². The van der Waals surface area contributed by atoms with Crippen molar-refractivity contribution < 1.29 is 14.1 Å². The van der Waals surface area contributed by atoms with Gasteiger partial charge in [0.05, 0.1) is 4.92 Å². The van der Waals surface area contributed by atoms with Crippen LogP contribution in [0, 0.1) is 15.9 Å². The number of hydrogen-bond donors (Lipinski definition) is 2. The number of nitrogen functional groups attached to an aromatic ring is 1. The average Bonchev–Trinajstić information content (AvgIpc) is 2.42. The van der Waals surface area contributed by atoms with Crippen molar-refractivity contribution in [1.82, 2.24) is 9.97 Å². The van der Waals surface area contributed by atoms with E-state index < -0.39 is 22.3 Å². The molecule has 0 aliphatic heterocycles. The van der Waals surface area contributed by atoms with Gasteiger partial charge in [-0.05, 0) is 18.2 Å². The molecule has 0 amide bonds. The molecule has 2 rings (SSSR count). The highest BCUT2D eigenvalue weighted by molar-refractivity contribution is 9.10. The van der Waals surface area contributed by atoms with E-state index in [1.807, 2.05) is 0 Å². The van der Waals surface area contributed by atoms with Crippen LogP contribution in [-0.2, 0) is 0 Å². The monoisotopic (exact) mass is 343 g/mol. The molecule has 3 N–H and O–H groups in total. The van der Waals surface area contributed by atoms with Gasteiger partial charge in [-0.2, -0.15) is 4.98 Å². The minimum atomic E-state index is -0.777. The van der Waals surface area contributed by atoms with Crippen LogP contribution in [0.3, 0.4) is 0 Å². The van der Waals surface area contributed by atoms with E-state index in [0.717, 1.165) is 12.4 Å². The molecule has 0 saturated carbocycles. The average molecular weight is 344 g/mol. The molecule has 2 aromatic rings. The Morgan fingerprint density at radius 1 is 1.45 bits per heavy atom. The second-order valence-corrected chi connectivity index (χ2v) is 4.37. The SMILES string of the molecule is NNc1ncnc(Oc2cc(Br)ccc2F)c1[N+](=O)[O-]. The Morgan fingerprint density at radius 3 is 2.85 bits per heavy atom. The van der Waals surface area contributed by atoms with Crippen LogP contribution >= 0.6 is 15.9 Å². The van der Waals surface area contributed by atoms with Crippen LogP contribution in [0.1, 0.15) is 0 Å². The number of hydrazine groups is 1. The quantitative estimate of drug-likeness (QED) is 0.497. The Kier molecular flexibility index (Phi) is 4.05. The zero-order valence-corrected chi connectivity index (χ0v) is 11.3. The Labute approximate surface area is 120 Å². The predicted octanol–water partition coefficient (Wildman–Crippen LogP) is 2.36. The molecule has 1 heterocycles. The molecule has 0 fully saturated rings. The summed E-state index contributed by atoms with van der Waals surface area (Å²) in [5.74, 6) is 3.55. The molecule has 1 aromatic carbocycles. The highest BCUT2D eigenvalue weighted by Gasteiger charge is 2.25. The Morgan fingerprint density at radius 2 is 2.20 bits per heavy atom. The molecule has 1 aromatic heterocycles. The number of aromatic nitrogens is 2. The predicted molar refractivity (Wildman–Crippen MR) is 70.7 cm³/mol. The summed E-state index contributed by atoms with van der Waals surface area (Å²) < 4.78 is 19.2. The van der Waals surface area contributed by atoms with Gasteiger partial charge in [0.25, 0.3) is 0 Å². The van der Waals surface area contributed by atoms with Crippen molar-refractivity contribution in [2.45, 2.75) is 0 Å². The van der Waals surface area contributed by atoms with Crippen molar-refractivity contribution in [1.29, 1.82) is 0 Å². The maximum absolute atomic E-state index is 13.6. The molecular weight excluding hydrogens is 337 g/mol. The van der Waals surface area contributed by atoms with Crippen LogP contribution in [0.25, 0.3) is 0 Å². The molecule has 0 bridgehead atoms. The molecule has 0 saturated heterocycles. The van der Waals surface area contributed by atoms with Crippen molar-refractivity contribution in [3.8, 4) is 11.6 Å². The van der Waals surface area contributed by atoms with Gasteiger partial charge in [0, 0.05) is 4.47 Å². The lowest BCUT2D eigenvalue weighted by atomic mass is 10.3. The minimum absolute atomic E-state index is 0.218. The molecule has 0 aliphatic rings. The number of nitro groups is 1. The molecule has 0 spiro atoms. The van der Waals surface area contributed by atoms with E-state index in [9.17, 15) is 14.5 Å². The van der Waals surface area contributed by atoms with Gasteiger partial charge in [-0.3, -0.25) is 10.1 Å². The van der Waals surface area contributed by atoms with E-state index in [2.05, 4.69) is 31.3 Å². The second-order valence-electron chi connectivity index (χ2n) is 3.45. The van der Waals surface area contributed by atoms with Gasteiger partial charge >= 0.3 is 11.6 Å². The lowest BCUT2D eigenvalue weighted by molar-refractivity contribution is -0.385. The van der Waals surface area contributed by atoms with Crippen LogP contribution in [0.4, 0.5) is 15.9 Å². The first-order valence-electron chi connectivity index (χ1n) is 5.12. The van der Waals surface area contributed by atoms with E-state index in [4.69, 9.17) is 10.6 Å². The van der Waals surface area contributed by atoms with Gasteiger partial charge in [-0.15, -0.1) is 0 Å². The molecule has 10 heteroatoms. The summed E-state index contributed by atoms with van der Waals surface area (Å²) in [5.41, 5.74) is 1.46. The van der Waals surface area contributed by atoms with Gasteiger partial charge in [0.2, 0.25) is 5.82 Å². The van der Waals surface area contributed by atoms with Crippen LogP contribution in [0.15, 0.2) is 29.0 Å².